The molecule has 0 spiro atoms. The van der Waals surface area contributed by atoms with Crippen LogP contribution in [0.3, 0.4) is 0 Å². The first-order valence-electron chi connectivity index (χ1n) is 7.69. The first-order valence-corrected chi connectivity index (χ1v) is 7.69. The van der Waals surface area contributed by atoms with E-state index in [0.717, 1.165) is 25.2 Å². The predicted molar refractivity (Wildman–Crippen MR) is 89.1 cm³/mol. The lowest BCUT2D eigenvalue weighted by Crippen LogP contribution is -2.48. The summed E-state index contributed by atoms with van der Waals surface area (Å²) in [4.78, 5) is 14.9. The summed E-state index contributed by atoms with van der Waals surface area (Å²) in [5.74, 6) is 0.827. The van der Waals surface area contributed by atoms with Crippen LogP contribution in [0.4, 0.5) is 5.69 Å². The van der Waals surface area contributed by atoms with Crippen molar-refractivity contribution in [3.8, 4) is 0 Å². The number of carbonyl (C=O) groups excluding carboxylic acids is 1. The SMILES string of the molecule is Cc1ccc(N(C)C(=O)[C@@]23CCCC[C@H]2CNC3)cc1.Cl. The van der Waals surface area contributed by atoms with Crippen LogP contribution in [0.25, 0.3) is 0 Å². The summed E-state index contributed by atoms with van der Waals surface area (Å²) in [5.41, 5.74) is 2.08. The van der Waals surface area contributed by atoms with Gasteiger partial charge in [0.25, 0.3) is 0 Å². The Labute approximate surface area is 133 Å². The van der Waals surface area contributed by atoms with Gasteiger partial charge in [0.15, 0.2) is 0 Å². The van der Waals surface area contributed by atoms with E-state index in [4.69, 9.17) is 0 Å². The van der Waals surface area contributed by atoms with E-state index in [0.29, 0.717) is 11.8 Å². The van der Waals surface area contributed by atoms with Gasteiger partial charge in [0.1, 0.15) is 0 Å². The van der Waals surface area contributed by atoms with Gasteiger partial charge >= 0.3 is 0 Å². The van der Waals surface area contributed by atoms with E-state index in [1.165, 1.54) is 24.8 Å². The van der Waals surface area contributed by atoms with Gasteiger partial charge in [-0.2, -0.15) is 0 Å². The molecule has 1 N–H and O–H groups in total. The van der Waals surface area contributed by atoms with Crippen molar-refractivity contribution in [1.29, 1.82) is 0 Å². The fourth-order valence-corrected chi connectivity index (χ4v) is 3.89. The van der Waals surface area contributed by atoms with E-state index >= 15 is 0 Å². The molecule has 116 valence electrons. The minimum atomic E-state index is -0.155. The highest BCUT2D eigenvalue weighted by molar-refractivity contribution is 5.98. The number of amides is 1. The third-order valence-electron chi connectivity index (χ3n) is 5.19. The fourth-order valence-electron chi connectivity index (χ4n) is 3.89. The molecule has 2 fully saturated rings. The van der Waals surface area contributed by atoms with Crippen molar-refractivity contribution in [3.63, 3.8) is 0 Å². The molecule has 1 amide bonds. The lowest BCUT2D eigenvalue weighted by molar-refractivity contribution is -0.130. The Balaban J connectivity index is 0.00000161. The highest BCUT2D eigenvalue weighted by atomic mass is 35.5. The van der Waals surface area contributed by atoms with Crippen LogP contribution in [-0.4, -0.2) is 26.0 Å². The molecule has 1 saturated carbocycles. The summed E-state index contributed by atoms with van der Waals surface area (Å²) in [6, 6.07) is 8.23. The summed E-state index contributed by atoms with van der Waals surface area (Å²) in [7, 11) is 1.92. The van der Waals surface area contributed by atoms with E-state index in [9.17, 15) is 4.79 Å². The molecule has 0 unspecified atom stereocenters. The third-order valence-corrected chi connectivity index (χ3v) is 5.19. The number of hydrogen-bond donors (Lipinski definition) is 1. The van der Waals surface area contributed by atoms with Gasteiger partial charge in [-0.15, -0.1) is 12.4 Å². The molecule has 1 aliphatic heterocycles. The predicted octanol–water partition coefficient (Wildman–Crippen LogP) is 3.16. The van der Waals surface area contributed by atoms with Crippen LogP contribution >= 0.6 is 12.4 Å². The summed E-state index contributed by atoms with van der Waals surface area (Å²) < 4.78 is 0. The highest BCUT2D eigenvalue weighted by Crippen LogP contribution is 2.45. The quantitative estimate of drug-likeness (QED) is 0.910. The van der Waals surface area contributed by atoms with Gasteiger partial charge in [0.05, 0.1) is 5.41 Å². The second-order valence-corrected chi connectivity index (χ2v) is 6.43. The minimum Gasteiger partial charge on any atom is -0.315 e. The zero-order valence-electron chi connectivity index (χ0n) is 12.9. The average molecular weight is 309 g/mol. The number of anilines is 1. The number of halogens is 1. The molecule has 0 bridgehead atoms. The van der Waals surface area contributed by atoms with Crippen LogP contribution < -0.4 is 10.2 Å². The van der Waals surface area contributed by atoms with Crippen LogP contribution in [0.2, 0.25) is 0 Å². The molecule has 2 atom stereocenters. The number of nitrogens with zero attached hydrogens (tertiary/aromatic N) is 1. The Morgan fingerprint density at radius 2 is 2.00 bits per heavy atom. The van der Waals surface area contributed by atoms with Crippen LogP contribution in [0.15, 0.2) is 24.3 Å². The maximum Gasteiger partial charge on any atom is 0.234 e. The summed E-state index contributed by atoms with van der Waals surface area (Å²) in [6.45, 7) is 3.93. The van der Waals surface area contributed by atoms with Crippen LogP contribution in [0, 0.1) is 18.3 Å². The zero-order chi connectivity index (χ0) is 14.2. The van der Waals surface area contributed by atoms with Gasteiger partial charge in [0, 0.05) is 19.3 Å². The van der Waals surface area contributed by atoms with Gasteiger partial charge in [-0.25, -0.2) is 0 Å². The van der Waals surface area contributed by atoms with Crippen LogP contribution in [0.5, 0.6) is 0 Å². The maximum absolute atomic E-state index is 13.1. The van der Waals surface area contributed by atoms with E-state index in [1.54, 1.807) is 0 Å². The number of benzene rings is 1. The molecular weight excluding hydrogens is 284 g/mol. The van der Waals surface area contributed by atoms with E-state index in [1.807, 2.05) is 24.1 Å². The Hall–Kier alpha value is -1.06. The fraction of sp³-hybridized carbons (Fsp3) is 0.588. The van der Waals surface area contributed by atoms with Crippen molar-refractivity contribution in [2.45, 2.75) is 32.6 Å². The molecule has 1 aromatic rings. The Bertz CT molecular complexity index is 502. The molecule has 3 nitrogen and oxygen atoms in total. The van der Waals surface area contributed by atoms with Crippen molar-refractivity contribution in [2.24, 2.45) is 11.3 Å². The molecule has 1 aliphatic carbocycles. The van der Waals surface area contributed by atoms with Gasteiger partial charge in [0.2, 0.25) is 5.91 Å². The molecule has 3 rings (SSSR count). The monoisotopic (exact) mass is 308 g/mol. The van der Waals surface area contributed by atoms with E-state index in [-0.39, 0.29) is 17.8 Å². The number of rotatable bonds is 2. The van der Waals surface area contributed by atoms with Gasteiger partial charge < -0.3 is 10.2 Å². The molecular formula is C17H25ClN2O. The summed E-state index contributed by atoms with van der Waals surface area (Å²) in [5, 5.41) is 3.45. The van der Waals surface area contributed by atoms with Gasteiger partial charge in [-0.05, 0) is 44.4 Å². The third kappa shape index (κ3) is 2.82. The highest BCUT2D eigenvalue weighted by Gasteiger charge is 2.51. The second kappa shape index (κ2) is 6.37. The smallest absolute Gasteiger partial charge is 0.234 e. The minimum absolute atomic E-state index is 0. The molecule has 0 aromatic heterocycles. The number of fused-ring (bicyclic) bond motifs is 1. The molecule has 2 aliphatic rings. The van der Waals surface area contributed by atoms with Crippen LogP contribution in [0.1, 0.15) is 31.2 Å². The van der Waals surface area contributed by atoms with Crippen molar-refractivity contribution in [3.05, 3.63) is 29.8 Å². The standard InChI is InChI=1S/C17H24N2O.ClH/c1-13-6-8-15(9-7-13)19(2)16(20)17-10-4-3-5-14(17)11-18-12-17;/h6-9,14,18H,3-5,10-12H2,1-2H3;1H/t14-,17+;/m0./s1. The Morgan fingerprint density at radius 3 is 2.71 bits per heavy atom. The summed E-state index contributed by atoms with van der Waals surface area (Å²) >= 11 is 0. The first-order chi connectivity index (χ1) is 9.63. The van der Waals surface area contributed by atoms with E-state index in [2.05, 4.69) is 24.4 Å². The van der Waals surface area contributed by atoms with Gasteiger partial charge in [-0.3, -0.25) is 4.79 Å². The largest absolute Gasteiger partial charge is 0.315 e. The van der Waals surface area contributed by atoms with E-state index < -0.39 is 0 Å². The lowest BCUT2D eigenvalue weighted by atomic mass is 9.67. The molecule has 1 saturated heterocycles. The van der Waals surface area contributed by atoms with Crippen molar-refractivity contribution >= 4 is 24.0 Å². The summed E-state index contributed by atoms with van der Waals surface area (Å²) in [6.07, 6.45) is 4.70. The Kier molecular flexibility index (Phi) is 4.95. The topological polar surface area (TPSA) is 32.3 Å². The number of aryl methyl sites for hydroxylation is 1. The molecule has 21 heavy (non-hydrogen) atoms. The van der Waals surface area contributed by atoms with Crippen molar-refractivity contribution in [1.82, 2.24) is 5.32 Å². The molecule has 1 heterocycles. The molecule has 1 aromatic carbocycles. The van der Waals surface area contributed by atoms with Crippen LogP contribution in [-0.2, 0) is 4.79 Å². The number of hydrogen-bond acceptors (Lipinski definition) is 2. The number of nitrogens with one attached hydrogen (secondary N) is 1. The normalized spacial score (nSPS) is 27.6. The second-order valence-electron chi connectivity index (χ2n) is 6.43. The zero-order valence-corrected chi connectivity index (χ0v) is 13.7. The Morgan fingerprint density at radius 1 is 1.29 bits per heavy atom. The average Bonchev–Trinajstić information content (AvgIpc) is 2.91. The maximum atomic E-state index is 13.1. The molecule has 0 radical (unpaired) electrons. The first kappa shape index (κ1) is 16.3. The lowest BCUT2D eigenvalue weighted by Gasteiger charge is -2.39. The molecule has 4 heteroatoms. The van der Waals surface area contributed by atoms with Crippen molar-refractivity contribution in [2.75, 3.05) is 25.0 Å². The van der Waals surface area contributed by atoms with Gasteiger partial charge in [-0.1, -0.05) is 30.5 Å². The number of carbonyl (C=O) groups is 1. The van der Waals surface area contributed by atoms with Crippen molar-refractivity contribution < 1.29 is 4.79 Å².